The highest BCUT2D eigenvalue weighted by atomic mass is 35.5. The molecule has 2 aromatic carbocycles. The van der Waals surface area contributed by atoms with E-state index in [2.05, 4.69) is 5.32 Å². The van der Waals surface area contributed by atoms with Crippen molar-refractivity contribution in [3.8, 4) is 0 Å². The molecule has 1 N–H and O–H groups in total. The van der Waals surface area contributed by atoms with E-state index in [1.807, 2.05) is 20.8 Å². The smallest absolute Gasteiger partial charge is 0.243 e. The van der Waals surface area contributed by atoms with Gasteiger partial charge in [0.25, 0.3) is 0 Å². The Morgan fingerprint density at radius 3 is 2.20 bits per heavy atom. The van der Waals surface area contributed by atoms with Crippen LogP contribution in [-0.2, 0) is 22.6 Å². The largest absolute Gasteiger partial charge is 0.352 e. The zero-order valence-corrected chi connectivity index (χ0v) is 18.9. The lowest BCUT2D eigenvalue weighted by Crippen LogP contribution is -2.51. The molecule has 0 aliphatic rings. The standard InChI is InChI=1S/C23H27Cl2FN2O2/c1-4-15(3)27-23(30)21(5-2)28(14-17-8-11-19(24)20(25)12-17)22(29)13-16-6-9-18(26)10-7-16/h6-12,15,21H,4-5,13-14H2,1-3H3,(H,27,30)/t15-,21+/m0/s1. The van der Waals surface area contributed by atoms with Crippen molar-refractivity contribution < 1.29 is 14.0 Å². The minimum absolute atomic E-state index is 0.00516. The van der Waals surface area contributed by atoms with Crippen LogP contribution in [0.1, 0.15) is 44.7 Å². The Kier molecular flexibility index (Phi) is 9.12. The molecule has 0 aliphatic heterocycles. The highest BCUT2D eigenvalue weighted by Crippen LogP contribution is 2.24. The first-order valence-corrected chi connectivity index (χ1v) is 10.8. The van der Waals surface area contributed by atoms with Gasteiger partial charge in [-0.05, 0) is 55.2 Å². The molecule has 7 heteroatoms. The van der Waals surface area contributed by atoms with Crippen LogP contribution in [0.5, 0.6) is 0 Å². The van der Waals surface area contributed by atoms with Gasteiger partial charge < -0.3 is 10.2 Å². The number of rotatable bonds is 9. The number of nitrogens with one attached hydrogen (secondary N) is 1. The molecule has 0 saturated heterocycles. The van der Waals surface area contributed by atoms with Crippen LogP contribution in [0, 0.1) is 5.82 Å². The van der Waals surface area contributed by atoms with Crippen LogP contribution in [-0.4, -0.2) is 28.8 Å². The van der Waals surface area contributed by atoms with Crippen molar-refractivity contribution >= 4 is 35.0 Å². The maximum absolute atomic E-state index is 13.2. The van der Waals surface area contributed by atoms with E-state index in [-0.39, 0.29) is 36.6 Å². The number of carbonyl (C=O) groups excluding carboxylic acids is 2. The predicted octanol–water partition coefficient (Wildman–Crippen LogP) is 5.40. The van der Waals surface area contributed by atoms with E-state index in [4.69, 9.17) is 23.2 Å². The fourth-order valence-corrected chi connectivity index (χ4v) is 3.39. The van der Waals surface area contributed by atoms with E-state index in [9.17, 15) is 14.0 Å². The molecule has 2 rings (SSSR count). The third-order valence-electron chi connectivity index (χ3n) is 4.99. The number of hydrogen-bond acceptors (Lipinski definition) is 2. The van der Waals surface area contributed by atoms with Crippen molar-refractivity contribution in [3.05, 3.63) is 69.5 Å². The molecule has 2 amide bonds. The molecule has 30 heavy (non-hydrogen) atoms. The second-order valence-electron chi connectivity index (χ2n) is 7.32. The number of hydrogen-bond donors (Lipinski definition) is 1. The fourth-order valence-electron chi connectivity index (χ4n) is 3.07. The van der Waals surface area contributed by atoms with Gasteiger partial charge in [-0.25, -0.2) is 4.39 Å². The van der Waals surface area contributed by atoms with Crippen LogP contribution in [0.4, 0.5) is 4.39 Å². The Labute approximate surface area is 187 Å². The maximum atomic E-state index is 13.2. The average molecular weight is 453 g/mol. The van der Waals surface area contributed by atoms with E-state index in [0.29, 0.717) is 22.0 Å². The molecular weight excluding hydrogens is 426 g/mol. The molecule has 0 spiro atoms. The number of carbonyl (C=O) groups is 2. The summed E-state index contributed by atoms with van der Waals surface area (Å²) in [4.78, 5) is 27.7. The summed E-state index contributed by atoms with van der Waals surface area (Å²) in [5.41, 5.74) is 1.45. The van der Waals surface area contributed by atoms with E-state index in [1.165, 1.54) is 12.1 Å². The van der Waals surface area contributed by atoms with Crippen molar-refractivity contribution in [2.24, 2.45) is 0 Å². The van der Waals surface area contributed by atoms with Crippen LogP contribution in [0.15, 0.2) is 42.5 Å². The van der Waals surface area contributed by atoms with Crippen LogP contribution in [0.2, 0.25) is 10.0 Å². The van der Waals surface area contributed by atoms with Gasteiger partial charge in [-0.2, -0.15) is 0 Å². The predicted molar refractivity (Wildman–Crippen MR) is 119 cm³/mol. The van der Waals surface area contributed by atoms with Gasteiger partial charge in [-0.1, -0.05) is 55.2 Å². The van der Waals surface area contributed by atoms with Gasteiger partial charge >= 0.3 is 0 Å². The quantitative estimate of drug-likeness (QED) is 0.553. The fraction of sp³-hybridized carbons (Fsp3) is 0.391. The summed E-state index contributed by atoms with van der Waals surface area (Å²) in [5, 5.41) is 3.77. The van der Waals surface area contributed by atoms with Crippen LogP contribution in [0.3, 0.4) is 0 Å². The summed E-state index contributed by atoms with van der Waals surface area (Å²) in [6, 6.07) is 10.3. The average Bonchev–Trinajstić information content (AvgIpc) is 2.72. The van der Waals surface area contributed by atoms with E-state index >= 15 is 0 Å². The molecule has 0 unspecified atom stereocenters. The molecule has 162 valence electrons. The number of benzene rings is 2. The second-order valence-corrected chi connectivity index (χ2v) is 8.13. The second kappa shape index (κ2) is 11.3. The SMILES string of the molecule is CC[C@H](C(=O)N[C@@H](C)CC)N(Cc1ccc(Cl)c(Cl)c1)C(=O)Cc1ccc(F)cc1. The summed E-state index contributed by atoms with van der Waals surface area (Å²) < 4.78 is 13.2. The van der Waals surface area contributed by atoms with Crippen LogP contribution >= 0.6 is 23.2 Å². The minimum Gasteiger partial charge on any atom is -0.352 e. The molecule has 0 radical (unpaired) electrons. The molecule has 2 aromatic rings. The Balaban J connectivity index is 2.31. The monoisotopic (exact) mass is 452 g/mol. The Morgan fingerprint density at radius 2 is 1.63 bits per heavy atom. The number of amides is 2. The summed E-state index contributed by atoms with van der Waals surface area (Å²) in [6.45, 7) is 5.99. The Morgan fingerprint density at radius 1 is 1.00 bits per heavy atom. The van der Waals surface area contributed by atoms with Gasteiger partial charge in [0.05, 0.1) is 16.5 Å². The molecule has 4 nitrogen and oxygen atoms in total. The first-order chi connectivity index (χ1) is 14.2. The van der Waals surface area contributed by atoms with E-state index in [1.54, 1.807) is 35.2 Å². The van der Waals surface area contributed by atoms with E-state index < -0.39 is 6.04 Å². The zero-order valence-electron chi connectivity index (χ0n) is 17.4. The highest BCUT2D eigenvalue weighted by Gasteiger charge is 2.29. The molecule has 0 aliphatic carbocycles. The van der Waals surface area contributed by atoms with Gasteiger partial charge in [0.15, 0.2) is 0 Å². The van der Waals surface area contributed by atoms with Gasteiger partial charge in [0.1, 0.15) is 11.9 Å². The van der Waals surface area contributed by atoms with Gasteiger partial charge in [0.2, 0.25) is 11.8 Å². The van der Waals surface area contributed by atoms with Gasteiger partial charge in [0, 0.05) is 12.6 Å². The molecule has 0 bridgehead atoms. The molecule has 0 heterocycles. The molecule has 2 atom stereocenters. The van der Waals surface area contributed by atoms with Crippen molar-refractivity contribution in [1.29, 1.82) is 0 Å². The van der Waals surface area contributed by atoms with E-state index in [0.717, 1.165) is 12.0 Å². The normalized spacial score (nSPS) is 12.9. The summed E-state index contributed by atoms with van der Waals surface area (Å²) in [6.07, 6.45) is 1.31. The van der Waals surface area contributed by atoms with Crippen molar-refractivity contribution in [3.63, 3.8) is 0 Å². The van der Waals surface area contributed by atoms with Crippen molar-refractivity contribution in [2.45, 2.75) is 58.7 Å². The summed E-state index contributed by atoms with van der Waals surface area (Å²) in [7, 11) is 0. The minimum atomic E-state index is -0.638. The first kappa shape index (κ1) is 24.2. The lowest BCUT2D eigenvalue weighted by atomic mass is 10.1. The van der Waals surface area contributed by atoms with Gasteiger partial charge in [-0.15, -0.1) is 0 Å². The Hall–Kier alpha value is -2.11. The summed E-state index contributed by atoms with van der Waals surface area (Å²) >= 11 is 12.1. The zero-order chi connectivity index (χ0) is 22.3. The third kappa shape index (κ3) is 6.71. The van der Waals surface area contributed by atoms with Crippen molar-refractivity contribution in [2.75, 3.05) is 0 Å². The maximum Gasteiger partial charge on any atom is 0.243 e. The third-order valence-corrected chi connectivity index (χ3v) is 5.73. The summed E-state index contributed by atoms with van der Waals surface area (Å²) in [5.74, 6) is -0.781. The first-order valence-electron chi connectivity index (χ1n) is 10.0. The van der Waals surface area contributed by atoms with Gasteiger partial charge in [-0.3, -0.25) is 9.59 Å². The lowest BCUT2D eigenvalue weighted by molar-refractivity contribution is -0.141. The number of nitrogens with zero attached hydrogens (tertiary/aromatic N) is 1. The molecule has 0 fully saturated rings. The molecule has 0 aromatic heterocycles. The highest BCUT2D eigenvalue weighted by molar-refractivity contribution is 6.42. The topological polar surface area (TPSA) is 49.4 Å². The van der Waals surface area contributed by atoms with Crippen LogP contribution < -0.4 is 5.32 Å². The lowest BCUT2D eigenvalue weighted by Gasteiger charge is -2.31. The van der Waals surface area contributed by atoms with Crippen LogP contribution in [0.25, 0.3) is 0 Å². The van der Waals surface area contributed by atoms with Crippen molar-refractivity contribution in [1.82, 2.24) is 10.2 Å². The Bertz CT molecular complexity index is 874. The molecular formula is C23H27Cl2FN2O2. The number of halogens is 3. The molecule has 0 saturated carbocycles.